The predicted molar refractivity (Wildman–Crippen MR) is 109 cm³/mol. The lowest BCUT2D eigenvalue weighted by Gasteiger charge is -2.09. The number of rotatable bonds is 4. The van der Waals surface area contributed by atoms with Crippen LogP contribution < -0.4 is 10.6 Å². The first-order chi connectivity index (χ1) is 12.0. The molecular weight excluding hydrogens is 399 g/mol. The quantitative estimate of drug-likeness (QED) is 0.540. The molecule has 0 spiro atoms. The van der Waals surface area contributed by atoms with Crippen molar-refractivity contribution < 1.29 is 0 Å². The van der Waals surface area contributed by atoms with Gasteiger partial charge in [0, 0.05) is 23.0 Å². The summed E-state index contributed by atoms with van der Waals surface area (Å²) in [7, 11) is 0. The fourth-order valence-corrected chi connectivity index (χ4v) is 2.89. The molecule has 3 rings (SSSR count). The van der Waals surface area contributed by atoms with E-state index in [1.54, 1.807) is 22.9 Å². The van der Waals surface area contributed by atoms with Crippen LogP contribution in [0.5, 0.6) is 0 Å². The Kier molecular flexibility index (Phi) is 5.81. The van der Waals surface area contributed by atoms with Crippen molar-refractivity contribution in [1.82, 2.24) is 9.78 Å². The van der Waals surface area contributed by atoms with Crippen molar-refractivity contribution in [2.45, 2.75) is 6.54 Å². The monoisotopic (exact) mass is 410 g/mol. The molecule has 2 aromatic carbocycles. The summed E-state index contributed by atoms with van der Waals surface area (Å²) >= 11 is 23.3. The SMILES string of the molecule is S=C(Nc1ccc(Cl)c(Cl)c1)Nc1ccn(Cc2ccccc2Cl)n1. The minimum absolute atomic E-state index is 0.404. The number of hydrogen-bond acceptors (Lipinski definition) is 2. The third kappa shape index (κ3) is 4.86. The third-order valence-electron chi connectivity index (χ3n) is 3.35. The molecule has 0 bridgehead atoms. The van der Waals surface area contributed by atoms with Gasteiger partial charge >= 0.3 is 0 Å². The topological polar surface area (TPSA) is 41.9 Å². The third-order valence-corrected chi connectivity index (χ3v) is 4.66. The maximum Gasteiger partial charge on any atom is 0.176 e. The van der Waals surface area contributed by atoms with Crippen LogP contribution in [0.2, 0.25) is 15.1 Å². The molecule has 128 valence electrons. The van der Waals surface area contributed by atoms with E-state index < -0.39 is 0 Å². The standard InChI is InChI=1S/C17H13Cl3N4S/c18-13-4-2-1-3-11(13)10-24-8-7-16(23-24)22-17(25)21-12-5-6-14(19)15(20)9-12/h1-9H,10H2,(H2,21,22,23,25). The first kappa shape index (κ1) is 18.0. The van der Waals surface area contributed by atoms with E-state index in [1.165, 1.54) is 0 Å². The number of anilines is 2. The van der Waals surface area contributed by atoms with E-state index in [1.807, 2.05) is 36.5 Å². The Morgan fingerprint density at radius 3 is 2.52 bits per heavy atom. The molecule has 0 aliphatic carbocycles. The lowest BCUT2D eigenvalue weighted by molar-refractivity contribution is 0.690. The zero-order valence-corrected chi connectivity index (χ0v) is 15.9. The number of nitrogens with zero attached hydrogens (tertiary/aromatic N) is 2. The average molecular weight is 412 g/mol. The van der Waals surface area contributed by atoms with Gasteiger partial charge in [0.05, 0.1) is 16.6 Å². The lowest BCUT2D eigenvalue weighted by atomic mass is 10.2. The van der Waals surface area contributed by atoms with Crippen LogP contribution in [0.1, 0.15) is 5.56 Å². The Labute approximate surface area is 165 Å². The summed E-state index contributed by atoms with van der Waals surface area (Å²) in [5, 5.41) is 12.6. The molecule has 0 aliphatic rings. The molecule has 2 N–H and O–H groups in total. The summed E-state index contributed by atoms with van der Waals surface area (Å²) in [6.07, 6.45) is 1.85. The molecule has 3 aromatic rings. The van der Waals surface area contributed by atoms with E-state index in [4.69, 9.17) is 47.0 Å². The second kappa shape index (κ2) is 8.06. The first-order valence-electron chi connectivity index (χ1n) is 7.31. The zero-order valence-electron chi connectivity index (χ0n) is 12.8. The van der Waals surface area contributed by atoms with E-state index in [9.17, 15) is 0 Å². The second-order valence-electron chi connectivity index (χ2n) is 5.20. The molecule has 0 saturated carbocycles. The van der Waals surface area contributed by atoms with Gasteiger partial charge in [0.15, 0.2) is 10.9 Å². The molecular formula is C17H13Cl3N4S. The van der Waals surface area contributed by atoms with E-state index in [0.717, 1.165) is 11.3 Å². The van der Waals surface area contributed by atoms with E-state index in [2.05, 4.69) is 15.7 Å². The Hall–Kier alpha value is -1.79. The maximum atomic E-state index is 6.17. The van der Waals surface area contributed by atoms with Crippen molar-refractivity contribution in [2.75, 3.05) is 10.6 Å². The molecule has 0 unspecified atom stereocenters. The van der Waals surface area contributed by atoms with Crippen molar-refractivity contribution in [3.05, 3.63) is 75.4 Å². The van der Waals surface area contributed by atoms with Crippen LogP contribution in [0.3, 0.4) is 0 Å². The fraction of sp³-hybridized carbons (Fsp3) is 0.0588. The number of aromatic nitrogens is 2. The number of nitrogens with one attached hydrogen (secondary N) is 2. The normalized spacial score (nSPS) is 10.5. The summed E-state index contributed by atoms with van der Waals surface area (Å²) in [5.74, 6) is 0.629. The van der Waals surface area contributed by atoms with Gasteiger partial charge in [-0.1, -0.05) is 53.0 Å². The van der Waals surface area contributed by atoms with E-state index in [0.29, 0.717) is 32.5 Å². The molecule has 8 heteroatoms. The number of thiocarbonyl (C=S) groups is 1. The van der Waals surface area contributed by atoms with Gasteiger partial charge in [0.2, 0.25) is 0 Å². The first-order valence-corrected chi connectivity index (χ1v) is 8.85. The summed E-state index contributed by atoms with van der Waals surface area (Å²) < 4.78 is 1.78. The molecule has 0 fully saturated rings. The van der Waals surface area contributed by atoms with Crippen LogP contribution in [0.25, 0.3) is 0 Å². The number of benzene rings is 2. The second-order valence-corrected chi connectivity index (χ2v) is 6.83. The van der Waals surface area contributed by atoms with Gasteiger partial charge in [-0.25, -0.2) is 0 Å². The molecule has 1 aromatic heterocycles. The molecule has 25 heavy (non-hydrogen) atoms. The van der Waals surface area contributed by atoms with Crippen LogP contribution in [-0.2, 0) is 6.54 Å². The minimum Gasteiger partial charge on any atom is -0.332 e. The molecule has 0 amide bonds. The van der Waals surface area contributed by atoms with Crippen molar-refractivity contribution in [1.29, 1.82) is 0 Å². The summed E-state index contributed by atoms with van der Waals surface area (Å²) in [5.41, 5.74) is 1.73. The van der Waals surface area contributed by atoms with Crippen LogP contribution >= 0.6 is 47.0 Å². The molecule has 0 saturated heterocycles. The molecule has 0 atom stereocenters. The van der Waals surface area contributed by atoms with Crippen molar-refractivity contribution >= 4 is 63.6 Å². The largest absolute Gasteiger partial charge is 0.332 e. The maximum absolute atomic E-state index is 6.17. The zero-order chi connectivity index (χ0) is 17.8. The van der Waals surface area contributed by atoms with Gasteiger partial charge in [-0.3, -0.25) is 4.68 Å². The van der Waals surface area contributed by atoms with E-state index in [-0.39, 0.29) is 0 Å². The van der Waals surface area contributed by atoms with Crippen LogP contribution in [0.4, 0.5) is 11.5 Å². The smallest absolute Gasteiger partial charge is 0.176 e. The highest BCUT2D eigenvalue weighted by atomic mass is 35.5. The van der Waals surface area contributed by atoms with Gasteiger partial charge in [0.1, 0.15) is 0 Å². The highest BCUT2D eigenvalue weighted by Gasteiger charge is 2.06. The highest BCUT2D eigenvalue weighted by Crippen LogP contribution is 2.25. The summed E-state index contributed by atoms with van der Waals surface area (Å²) in [4.78, 5) is 0. The van der Waals surface area contributed by atoms with Gasteiger partial charge < -0.3 is 10.6 Å². The van der Waals surface area contributed by atoms with Gasteiger partial charge in [0.25, 0.3) is 0 Å². The summed E-state index contributed by atoms with van der Waals surface area (Å²) in [6.45, 7) is 0.578. The van der Waals surface area contributed by atoms with Crippen molar-refractivity contribution in [3.63, 3.8) is 0 Å². The van der Waals surface area contributed by atoms with Crippen molar-refractivity contribution in [2.24, 2.45) is 0 Å². The van der Waals surface area contributed by atoms with Gasteiger partial charge in [-0.2, -0.15) is 5.10 Å². The predicted octanol–water partition coefficient (Wildman–Crippen LogP) is 5.70. The molecule has 1 heterocycles. The Balaban J connectivity index is 1.61. The number of hydrogen-bond donors (Lipinski definition) is 2. The van der Waals surface area contributed by atoms with Crippen molar-refractivity contribution in [3.8, 4) is 0 Å². The number of halogens is 3. The minimum atomic E-state index is 0.404. The van der Waals surface area contributed by atoms with Gasteiger partial charge in [-0.15, -0.1) is 0 Å². The average Bonchev–Trinajstić information content (AvgIpc) is 3.00. The Morgan fingerprint density at radius 1 is 0.960 bits per heavy atom. The van der Waals surface area contributed by atoms with Crippen LogP contribution in [-0.4, -0.2) is 14.9 Å². The Morgan fingerprint density at radius 2 is 1.76 bits per heavy atom. The fourth-order valence-electron chi connectivity index (χ4n) is 2.17. The van der Waals surface area contributed by atoms with Crippen LogP contribution in [0, 0.1) is 0 Å². The van der Waals surface area contributed by atoms with Crippen LogP contribution in [0.15, 0.2) is 54.7 Å². The molecule has 0 radical (unpaired) electrons. The summed E-state index contributed by atoms with van der Waals surface area (Å²) in [6, 6.07) is 14.7. The molecule has 4 nitrogen and oxygen atoms in total. The van der Waals surface area contributed by atoms with E-state index >= 15 is 0 Å². The molecule has 0 aliphatic heterocycles. The highest BCUT2D eigenvalue weighted by molar-refractivity contribution is 7.80. The Bertz CT molecular complexity index is 910. The lowest BCUT2D eigenvalue weighted by Crippen LogP contribution is -2.19. The van der Waals surface area contributed by atoms with Gasteiger partial charge in [-0.05, 0) is 42.0 Å².